The molecule has 0 atom stereocenters. The molecule has 0 bridgehead atoms. The van der Waals surface area contributed by atoms with Gasteiger partial charge < -0.3 is 10.1 Å². The molecule has 0 saturated carbocycles. The Labute approximate surface area is 63.6 Å². The fourth-order valence-electron chi connectivity index (χ4n) is 0.565. The van der Waals surface area contributed by atoms with E-state index in [1.165, 1.54) is 0 Å². The number of nitrogens with zero attached hydrogens (tertiary/aromatic N) is 2. The maximum absolute atomic E-state index is 5.14. The second-order valence-electron chi connectivity index (χ2n) is 1.60. The Hall–Kier alpha value is -0.840. The monoisotopic (exact) mass is 159 g/mol. The Morgan fingerprint density at radius 3 is 3.00 bits per heavy atom. The van der Waals surface area contributed by atoms with Crippen molar-refractivity contribution in [3.8, 4) is 5.88 Å². The number of nitrogens with one attached hydrogen (secondary N) is 1. The predicted octanol–water partition coefficient (Wildman–Crippen LogP) is 0.978. The number of hydrogen-bond acceptors (Lipinski definition) is 5. The first kappa shape index (κ1) is 7.27. The van der Waals surface area contributed by atoms with Crippen LogP contribution in [0.15, 0.2) is 0 Å². The number of aromatic nitrogens is 2. The van der Waals surface area contributed by atoms with Gasteiger partial charge in [0.25, 0.3) is 5.88 Å². The van der Waals surface area contributed by atoms with E-state index in [0.717, 1.165) is 11.7 Å². The van der Waals surface area contributed by atoms with Gasteiger partial charge in [0.2, 0.25) is 5.82 Å². The summed E-state index contributed by atoms with van der Waals surface area (Å²) in [6, 6.07) is 0. The maximum atomic E-state index is 5.14. The second-order valence-corrected chi connectivity index (χ2v) is 2.13. The fraction of sp³-hybridized carbons (Fsp3) is 0.600. The van der Waals surface area contributed by atoms with Gasteiger partial charge >= 0.3 is 0 Å². The molecule has 0 spiro atoms. The van der Waals surface area contributed by atoms with Crippen LogP contribution in [0.5, 0.6) is 5.88 Å². The quantitative estimate of drug-likeness (QED) is 0.714. The molecule has 1 aromatic heterocycles. The molecule has 0 unspecified atom stereocenters. The highest BCUT2D eigenvalue weighted by Gasteiger charge is 2.04. The topological polar surface area (TPSA) is 47.0 Å². The Morgan fingerprint density at radius 2 is 2.40 bits per heavy atom. The van der Waals surface area contributed by atoms with Crippen LogP contribution < -0.4 is 10.1 Å². The molecule has 0 aliphatic carbocycles. The van der Waals surface area contributed by atoms with E-state index in [1.807, 2.05) is 6.92 Å². The third-order valence-electron chi connectivity index (χ3n) is 0.976. The molecule has 10 heavy (non-hydrogen) atoms. The van der Waals surface area contributed by atoms with Crippen LogP contribution in [0.2, 0.25) is 0 Å². The Morgan fingerprint density at radius 1 is 1.60 bits per heavy atom. The number of rotatable bonds is 3. The minimum atomic E-state index is 0.593. The van der Waals surface area contributed by atoms with E-state index in [-0.39, 0.29) is 0 Å². The molecule has 1 N–H and O–H groups in total. The van der Waals surface area contributed by atoms with Gasteiger partial charge in [-0.05, 0) is 6.92 Å². The summed E-state index contributed by atoms with van der Waals surface area (Å²) in [7, 11) is 1.79. The van der Waals surface area contributed by atoms with E-state index in [0.29, 0.717) is 18.3 Å². The van der Waals surface area contributed by atoms with E-state index in [9.17, 15) is 0 Å². The van der Waals surface area contributed by atoms with Gasteiger partial charge in [0.05, 0.1) is 18.3 Å². The van der Waals surface area contributed by atoms with E-state index in [4.69, 9.17) is 4.74 Å². The first-order valence-electron chi connectivity index (χ1n) is 3.01. The number of hydrogen-bond donors (Lipinski definition) is 1. The first-order chi connectivity index (χ1) is 4.88. The van der Waals surface area contributed by atoms with Gasteiger partial charge in [-0.3, -0.25) is 0 Å². The highest BCUT2D eigenvalue weighted by Crippen LogP contribution is 2.19. The van der Waals surface area contributed by atoms with Crippen LogP contribution >= 0.6 is 11.7 Å². The van der Waals surface area contributed by atoms with Crippen LogP contribution in [0.3, 0.4) is 0 Å². The standard InChI is InChI=1S/C5H9N3OS/c1-3-9-5-4(6-2)7-10-8-5/h3H2,1-2H3,(H,6,7). The predicted molar refractivity (Wildman–Crippen MR) is 40.6 cm³/mol. The molecule has 0 saturated heterocycles. The normalized spacial score (nSPS) is 9.40. The summed E-state index contributed by atoms with van der Waals surface area (Å²) >= 11 is 1.14. The van der Waals surface area contributed by atoms with Crippen molar-refractivity contribution in [3.63, 3.8) is 0 Å². The van der Waals surface area contributed by atoms with E-state index < -0.39 is 0 Å². The van der Waals surface area contributed by atoms with Crippen molar-refractivity contribution in [2.45, 2.75) is 6.92 Å². The van der Waals surface area contributed by atoms with Crippen molar-refractivity contribution in [3.05, 3.63) is 0 Å². The highest BCUT2D eigenvalue weighted by molar-refractivity contribution is 6.99. The van der Waals surface area contributed by atoms with Crippen molar-refractivity contribution in [1.29, 1.82) is 0 Å². The molecule has 56 valence electrons. The summed E-state index contributed by atoms with van der Waals surface area (Å²) in [5.41, 5.74) is 0. The molecule has 4 nitrogen and oxygen atoms in total. The molecule has 1 rings (SSSR count). The molecule has 1 heterocycles. The average Bonchev–Trinajstić information content (AvgIpc) is 2.36. The third kappa shape index (κ3) is 1.36. The third-order valence-corrected chi connectivity index (χ3v) is 1.49. The summed E-state index contributed by atoms with van der Waals surface area (Å²) < 4.78 is 13.0. The van der Waals surface area contributed by atoms with Crippen LogP contribution in [0.1, 0.15) is 6.92 Å². The summed E-state index contributed by atoms with van der Waals surface area (Å²) in [5.74, 6) is 1.31. The van der Waals surface area contributed by atoms with Gasteiger partial charge in [0.15, 0.2) is 0 Å². The summed E-state index contributed by atoms with van der Waals surface area (Å²) in [6.07, 6.45) is 0. The van der Waals surface area contributed by atoms with Gasteiger partial charge in [-0.1, -0.05) is 0 Å². The van der Waals surface area contributed by atoms with Crippen LogP contribution in [-0.4, -0.2) is 22.4 Å². The van der Waals surface area contributed by atoms with Crippen molar-refractivity contribution in [1.82, 2.24) is 8.75 Å². The van der Waals surface area contributed by atoms with Crippen molar-refractivity contribution in [2.75, 3.05) is 19.0 Å². The molecule has 0 fully saturated rings. The molecule has 0 aliphatic heterocycles. The zero-order valence-electron chi connectivity index (χ0n) is 5.92. The molecule has 0 radical (unpaired) electrons. The lowest BCUT2D eigenvalue weighted by Crippen LogP contribution is -1.96. The molecule has 0 aromatic carbocycles. The highest BCUT2D eigenvalue weighted by atomic mass is 32.1. The number of ether oxygens (including phenoxy) is 1. The molecule has 0 amide bonds. The number of anilines is 1. The Kier molecular flexibility index (Phi) is 2.44. The minimum absolute atomic E-state index is 0.593. The van der Waals surface area contributed by atoms with Crippen molar-refractivity contribution < 1.29 is 4.74 Å². The summed E-state index contributed by atoms with van der Waals surface area (Å²) in [5, 5.41) is 2.87. The Bertz CT molecular complexity index is 201. The second kappa shape index (κ2) is 3.36. The molecule has 5 heteroatoms. The van der Waals surface area contributed by atoms with E-state index in [2.05, 4.69) is 14.1 Å². The molecule has 1 aromatic rings. The van der Waals surface area contributed by atoms with Crippen LogP contribution in [0.4, 0.5) is 5.82 Å². The van der Waals surface area contributed by atoms with Crippen molar-refractivity contribution >= 4 is 17.5 Å². The lowest BCUT2D eigenvalue weighted by atomic mass is 10.7. The fourth-order valence-corrected chi connectivity index (χ4v) is 1.07. The zero-order valence-corrected chi connectivity index (χ0v) is 6.73. The average molecular weight is 159 g/mol. The van der Waals surface area contributed by atoms with E-state index in [1.54, 1.807) is 7.05 Å². The zero-order chi connectivity index (χ0) is 7.40. The summed E-state index contributed by atoms with van der Waals surface area (Å²) in [6.45, 7) is 2.54. The first-order valence-corrected chi connectivity index (χ1v) is 3.74. The largest absolute Gasteiger partial charge is 0.475 e. The molecular formula is C5H9N3OS. The smallest absolute Gasteiger partial charge is 0.270 e. The van der Waals surface area contributed by atoms with E-state index >= 15 is 0 Å². The maximum Gasteiger partial charge on any atom is 0.270 e. The summed E-state index contributed by atoms with van der Waals surface area (Å²) in [4.78, 5) is 0. The SMILES string of the molecule is CCOc1nsnc1NC. The van der Waals surface area contributed by atoms with Crippen LogP contribution in [0.25, 0.3) is 0 Å². The minimum Gasteiger partial charge on any atom is -0.475 e. The molecular weight excluding hydrogens is 150 g/mol. The lowest BCUT2D eigenvalue weighted by molar-refractivity contribution is 0.331. The van der Waals surface area contributed by atoms with Gasteiger partial charge in [-0.2, -0.15) is 4.37 Å². The van der Waals surface area contributed by atoms with Gasteiger partial charge in [-0.25, -0.2) is 0 Å². The lowest BCUT2D eigenvalue weighted by Gasteiger charge is -1.98. The van der Waals surface area contributed by atoms with Crippen LogP contribution in [0, 0.1) is 0 Å². The van der Waals surface area contributed by atoms with Gasteiger partial charge in [-0.15, -0.1) is 4.37 Å². The molecule has 0 aliphatic rings. The van der Waals surface area contributed by atoms with Gasteiger partial charge in [0.1, 0.15) is 0 Å². The Balaban J connectivity index is 2.70. The van der Waals surface area contributed by atoms with Crippen LogP contribution in [-0.2, 0) is 0 Å². The van der Waals surface area contributed by atoms with Gasteiger partial charge in [0, 0.05) is 7.05 Å². The van der Waals surface area contributed by atoms with Crippen molar-refractivity contribution in [2.24, 2.45) is 0 Å².